The van der Waals surface area contributed by atoms with Gasteiger partial charge in [-0.2, -0.15) is 0 Å². The summed E-state index contributed by atoms with van der Waals surface area (Å²) in [7, 11) is 1.56. The molecule has 1 aromatic rings. The van der Waals surface area contributed by atoms with Gasteiger partial charge in [0.2, 0.25) is 0 Å². The lowest BCUT2D eigenvalue weighted by Crippen LogP contribution is -2.27. The van der Waals surface area contributed by atoms with Crippen LogP contribution in [0.25, 0.3) is 0 Å². The first-order chi connectivity index (χ1) is 8.33. The maximum absolute atomic E-state index is 12.5. The Balaban J connectivity index is 3.28. The molecular weight excluding hydrogens is 250 g/mol. The Hall–Kier alpha value is -1.06. The van der Waals surface area contributed by atoms with Gasteiger partial charge in [-0.3, -0.25) is 4.79 Å². The fourth-order valence-electron chi connectivity index (χ4n) is 2.01. The number of hydrogen-bond donors (Lipinski definition) is 1. The molecule has 4 heteroatoms. The molecule has 0 aliphatic carbocycles. The summed E-state index contributed by atoms with van der Waals surface area (Å²) in [5, 5.41) is 0.542. The molecule has 1 aromatic carbocycles. The van der Waals surface area contributed by atoms with Gasteiger partial charge >= 0.3 is 0 Å². The first-order valence-corrected chi connectivity index (χ1v) is 6.30. The minimum Gasteiger partial charge on any atom is -0.496 e. The van der Waals surface area contributed by atoms with E-state index in [2.05, 4.69) is 0 Å². The zero-order valence-electron chi connectivity index (χ0n) is 11.3. The van der Waals surface area contributed by atoms with Crippen molar-refractivity contribution in [1.29, 1.82) is 0 Å². The van der Waals surface area contributed by atoms with Crippen LogP contribution in [0.4, 0.5) is 0 Å². The maximum atomic E-state index is 12.5. The second-order valence-corrected chi connectivity index (χ2v) is 5.49. The van der Waals surface area contributed by atoms with E-state index in [4.69, 9.17) is 22.1 Å². The van der Waals surface area contributed by atoms with E-state index in [1.807, 2.05) is 20.8 Å². The predicted molar refractivity (Wildman–Crippen MR) is 74.5 cm³/mol. The van der Waals surface area contributed by atoms with Gasteiger partial charge in [0.1, 0.15) is 5.75 Å². The van der Waals surface area contributed by atoms with Gasteiger partial charge in [-0.15, -0.1) is 0 Å². The molecule has 18 heavy (non-hydrogen) atoms. The number of rotatable bonds is 5. The summed E-state index contributed by atoms with van der Waals surface area (Å²) < 4.78 is 5.31. The fraction of sp³-hybridized carbons (Fsp3) is 0.500. The minimum absolute atomic E-state index is 0.00963. The summed E-state index contributed by atoms with van der Waals surface area (Å²) in [6, 6.07) is 3.45. The van der Waals surface area contributed by atoms with Crippen LogP contribution < -0.4 is 10.5 Å². The van der Waals surface area contributed by atoms with E-state index < -0.39 is 5.41 Å². The maximum Gasteiger partial charge on any atom is 0.172 e. The lowest BCUT2D eigenvalue weighted by molar-refractivity contribution is 0.0826. The summed E-state index contributed by atoms with van der Waals surface area (Å²) in [5.41, 5.74) is 6.42. The lowest BCUT2D eigenvalue weighted by atomic mass is 9.80. The van der Waals surface area contributed by atoms with E-state index in [0.29, 0.717) is 29.3 Å². The topological polar surface area (TPSA) is 52.3 Å². The highest BCUT2D eigenvalue weighted by molar-refractivity contribution is 6.31. The van der Waals surface area contributed by atoms with Crippen LogP contribution in [0.3, 0.4) is 0 Å². The number of halogens is 1. The molecule has 3 nitrogen and oxygen atoms in total. The third-order valence-electron chi connectivity index (χ3n) is 3.07. The molecule has 100 valence electrons. The van der Waals surface area contributed by atoms with E-state index >= 15 is 0 Å². The van der Waals surface area contributed by atoms with Gasteiger partial charge in [0, 0.05) is 10.4 Å². The number of ether oxygens (including phenoxy) is 1. The van der Waals surface area contributed by atoms with Crippen molar-refractivity contribution in [3.05, 3.63) is 28.3 Å². The smallest absolute Gasteiger partial charge is 0.172 e. The Morgan fingerprint density at radius 2 is 2.06 bits per heavy atom. The van der Waals surface area contributed by atoms with Crippen LogP contribution >= 0.6 is 11.6 Å². The molecule has 0 aliphatic heterocycles. The monoisotopic (exact) mass is 269 g/mol. The molecule has 0 heterocycles. The van der Waals surface area contributed by atoms with Gasteiger partial charge < -0.3 is 10.5 Å². The molecule has 0 fully saturated rings. The van der Waals surface area contributed by atoms with Crippen LogP contribution in [0.2, 0.25) is 5.02 Å². The van der Waals surface area contributed by atoms with Crippen LogP contribution in [0, 0.1) is 12.3 Å². The Labute approximate surface area is 113 Å². The summed E-state index contributed by atoms with van der Waals surface area (Å²) >= 11 is 6.02. The quantitative estimate of drug-likeness (QED) is 0.835. The Morgan fingerprint density at radius 1 is 1.44 bits per heavy atom. The van der Waals surface area contributed by atoms with E-state index in [0.717, 1.165) is 5.56 Å². The standard InChI is InChI=1S/C14H20ClNO2/c1-9-7-10(15)8-11(12(9)18-4)13(17)14(2,3)5-6-16/h7-8H,5-6,16H2,1-4H3. The summed E-state index contributed by atoms with van der Waals surface area (Å²) in [5.74, 6) is 0.602. The van der Waals surface area contributed by atoms with Crippen molar-refractivity contribution in [1.82, 2.24) is 0 Å². The summed E-state index contributed by atoms with van der Waals surface area (Å²) in [6.07, 6.45) is 0.626. The van der Waals surface area contributed by atoms with Gasteiger partial charge in [-0.1, -0.05) is 25.4 Å². The molecule has 0 aromatic heterocycles. The van der Waals surface area contributed by atoms with Crippen LogP contribution in [0.5, 0.6) is 5.75 Å². The van der Waals surface area contributed by atoms with E-state index in [1.54, 1.807) is 19.2 Å². The van der Waals surface area contributed by atoms with Crippen molar-refractivity contribution in [3.63, 3.8) is 0 Å². The van der Waals surface area contributed by atoms with Crippen LogP contribution in [0.1, 0.15) is 36.2 Å². The van der Waals surface area contributed by atoms with E-state index in [-0.39, 0.29) is 5.78 Å². The van der Waals surface area contributed by atoms with Crippen molar-refractivity contribution in [3.8, 4) is 5.75 Å². The number of ketones is 1. The van der Waals surface area contributed by atoms with Crippen LogP contribution in [0.15, 0.2) is 12.1 Å². The average Bonchev–Trinajstić information content (AvgIpc) is 2.27. The van der Waals surface area contributed by atoms with Crippen molar-refractivity contribution in [2.45, 2.75) is 27.2 Å². The lowest BCUT2D eigenvalue weighted by Gasteiger charge is -2.24. The third kappa shape index (κ3) is 3.03. The second-order valence-electron chi connectivity index (χ2n) is 5.06. The SMILES string of the molecule is COc1c(C)cc(Cl)cc1C(=O)C(C)(C)CCN. The Bertz CT molecular complexity index is 455. The van der Waals surface area contributed by atoms with Crippen molar-refractivity contribution < 1.29 is 9.53 Å². The molecule has 0 saturated carbocycles. The summed E-state index contributed by atoms with van der Waals surface area (Å²) in [6.45, 7) is 6.12. The van der Waals surface area contributed by atoms with Crippen molar-refractivity contribution >= 4 is 17.4 Å². The summed E-state index contributed by atoms with van der Waals surface area (Å²) in [4.78, 5) is 12.5. The molecule has 0 unspecified atom stereocenters. The molecule has 0 atom stereocenters. The molecule has 0 bridgehead atoms. The van der Waals surface area contributed by atoms with Gasteiger partial charge in [0.15, 0.2) is 5.78 Å². The zero-order chi connectivity index (χ0) is 13.9. The number of benzene rings is 1. The van der Waals surface area contributed by atoms with Crippen LogP contribution in [-0.2, 0) is 0 Å². The number of methoxy groups -OCH3 is 1. The second kappa shape index (κ2) is 5.72. The number of carbonyl (C=O) groups is 1. The van der Waals surface area contributed by atoms with Gasteiger partial charge in [-0.05, 0) is 37.6 Å². The fourth-order valence-corrected chi connectivity index (χ4v) is 2.28. The predicted octanol–water partition coefficient (Wildman–Crippen LogP) is 3.21. The molecule has 0 radical (unpaired) electrons. The molecular formula is C14H20ClNO2. The first-order valence-electron chi connectivity index (χ1n) is 5.92. The van der Waals surface area contributed by atoms with Gasteiger partial charge in [0.25, 0.3) is 0 Å². The minimum atomic E-state index is -0.515. The molecule has 2 N–H and O–H groups in total. The largest absolute Gasteiger partial charge is 0.496 e. The number of hydrogen-bond acceptors (Lipinski definition) is 3. The highest BCUT2D eigenvalue weighted by atomic mass is 35.5. The Kier molecular flexibility index (Phi) is 4.77. The molecule has 0 amide bonds. The molecule has 0 spiro atoms. The first kappa shape index (κ1) is 15.0. The zero-order valence-corrected chi connectivity index (χ0v) is 12.1. The van der Waals surface area contributed by atoms with E-state index in [1.165, 1.54) is 0 Å². The highest BCUT2D eigenvalue weighted by Gasteiger charge is 2.30. The molecule has 1 rings (SSSR count). The number of Topliss-reactive ketones (excluding diaryl/α,β-unsaturated/α-hetero) is 1. The number of aryl methyl sites for hydroxylation is 1. The average molecular weight is 270 g/mol. The number of nitrogens with two attached hydrogens (primary N) is 1. The van der Waals surface area contributed by atoms with Crippen molar-refractivity contribution in [2.75, 3.05) is 13.7 Å². The molecule has 0 aliphatic rings. The highest BCUT2D eigenvalue weighted by Crippen LogP contribution is 2.34. The van der Waals surface area contributed by atoms with Gasteiger partial charge in [-0.25, -0.2) is 0 Å². The van der Waals surface area contributed by atoms with Gasteiger partial charge in [0.05, 0.1) is 12.7 Å². The number of carbonyl (C=O) groups excluding carboxylic acids is 1. The van der Waals surface area contributed by atoms with Crippen LogP contribution in [-0.4, -0.2) is 19.4 Å². The Morgan fingerprint density at radius 3 is 2.56 bits per heavy atom. The van der Waals surface area contributed by atoms with Crippen molar-refractivity contribution in [2.24, 2.45) is 11.1 Å². The third-order valence-corrected chi connectivity index (χ3v) is 3.29. The normalized spacial score (nSPS) is 11.4. The van der Waals surface area contributed by atoms with E-state index in [9.17, 15) is 4.79 Å². The molecule has 0 saturated heterocycles.